The molecule has 0 bridgehead atoms. The van der Waals surface area contributed by atoms with Crippen molar-refractivity contribution >= 4 is 58.2 Å². The van der Waals surface area contributed by atoms with E-state index in [0.717, 1.165) is 5.56 Å². The molecule has 0 saturated carbocycles. The van der Waals surface area contributed by atoms with Gasteiger partial charge in [-0.05, 0) is 56.3 Å². The lowest BCUT2D eigenvalue weighted by molar-refractivity contribution is -0.140. The monoisotopic (exact) mass is 716 g/mol. The third-order valence-electron chi connectivity index (χ3n) is 7.23. The second kappa shape index (κ2) is 15.4. The second-order valence-electron chi connectivity index (χ2n) is 10.2. The van der Waals surface area contributed by atoms with Gasteiger partial charge in [-0.25, -0.2) is 9.79 Å². The van der Waals surface area contributed by atoms with Gasteiger partial charge in [-0.1, -0.05) is 64.3 Å². The normalized spacial score (nSPS) is 14.4. The molecule has 1 atom stereocenters. The van der Waals surface area contributed by atoms with Gasteiger partial charge in [0, 0.05) is 38.9 Å². The van der Waals surface area contributed by atoms with Crippen LogP contribution in [0, 0.1) is 0 Å². The Hall–Kier alpha value is -3.80. The predicted octanol–water partition coefficient (Wildman–Crippen LogP) is 6.37. The Morgan fingerprint density at radius 1 is 1.00 bits per heavy atom. The number of rotatable bonds is 12. The van der Waals surface area contributed by atoms with E-state index in [1.807, 2.05) is 6.92 Å². The van der Waals surface area contributed by atoms with Crippen LogP contribution in [0.1, 0.15) is 36.6 Å². The average Bonchev–Trinajstić information content (AvgIpc) is 3.34. The number of benzene rings is 3. The number of nitrogens with zero attached hydrogens (tertiary/aromatic N) is 2. The molecule has 1 aliphatic rings. The van der Waals surface area contributed by atoms with Crippen LogP contribution >= 0.6 is 46.1 Å². The van der Waals surface area contributed by atoms with E-state index in [-0.39, 0.29) is 31.0 Å². The molecular formula is C34H31Cl3N2O7S. The number of hydrogen-bond donors (Lipinski definition) is 0. The van der Waals surface area contributed by atoms with Gasteiger partial charge >= 0.3 is 5.97 Å². The molecule has 0 radical (unpaired) electrons. The molecule has 0 N–H and O–H groups in total. The Labute approximate surface area is 290 Å². The van der Waals surface area contributed by atoms with Gasteiger partial charge in [0.05, 0.1) is 36.1 Å². The fourth-order valence-corrected chi connectivity index (χ4v) is 6.76. The van der Waals surface area contributed by atoms with Crippen LogP contribution in [0.15, 0.2) is 75.7 Å². The molecular weight excluding hydrogens is 687 g/mol. The lowest BCUT2D eigenvalue weighted by atomic mass is 9.94. The Morgan fingerprint density at radius 2 is 1.77 bits per heavy atom. The molecule has 9 nitrogen and oxygen atoms in total. The molecule has 0 aliphatic carbocycles. The number of carbonyl (C=O) groups is 1. The summed E-state index contributed by atoms with van der Waals surface area (Å²) in [6.45, 7) is 4.27. The van der Waals surface area contributed by atoms with E-state index >= 15 is 0 Å². The molecule has 0 unspecified atom stereocenters. The minimum absolute atomic E-state index is 0.0262. The van der Waals surface area contributed by atoms with Crippen LogP contribution in [0.5, 0.6) is 17.2 Å². The van der Waals surface area contributed by atoms with E-state index in [2.05, 4.69) is 4.99 Å². The summed E-state index contributed by atoms with van der Waals surface area (Å²) in [5.41, 5.74) is 2.06. The van der Waals surface area contributed by atoms with E-state index in [4.69, 9.17) is 58.5 Å². The maximum Gasteiger partial charge on any atom is 0.338 e. The Morgan fingerprint density at radius 3 is 2.49 bits per heavy atom. The molecule has 3 aromatic carbocycles. The summed E-state index contributed by atoms with van der Waals surface area (Å²) < 4.78 is 30.2. The van der Waals surface area contributed by atoms with Crippen molar-refractivity contribution in [2.45, 2.75) is 26.5 Å². The molecule has 0 fully saturated rings. The molecule has 0 amide bonds. The van der Waals surface area contributed by atoms with Gasteiger partial charge in [0.15, 0.2) is 16.3 Å². The third kappa shape index (κ3) is 7.52. The van der Waals surface area contributed by atoms with Crippen LogP contribution in [0.3, 0.4) is 0 Å². The zero-order valence-corrected chi connectivity index (χ0v) is 29.1. The number of methoxy groups -OCH3 is 2. The first-order chi connectivity index (χ1) is 22.7. The summed E-state index contributed by atoms with van der Waals surface area (Å²) in [5.74, 6) is 0.710. The molecule has 5 rings (SSSR count). The SMILES string of the molecule is CCOc1c(OC)cccc1[C@H]1C(C(=O)OCCOC)=C(C)N=c2s/c(=C/c3cc(Cl)ccc3OCc3ccc(Cl)cc3Cl)c(=O)n21. The molecule has 0 spiro atoms. The smallest absolute Gasteiger partial charge is 0.338 e. The summed E-state index contributed by atoms with van der Waals surface area (Å²) in [6, 6.07) is 14.7. The van der Waals surface area contributed by atoms with Crippen molar-refractivity contribution in [1.29, 1.82) is 0 Å². The van der Waals surface area contributed by atoms with Gasteiger partial charge < -0.3 is 23.7 Å². The van der Waals surface area contributed by atoms with Gasteiger partial charge in [0.25, 0.3) is 5.56 Å². The fraction of sp³-hybridized carbons (Fsp3) is 0.265. The van der Waals surface area contributed by atoms with Crippen molar-refractivity contribution in [3.8, 4) is 17.2 Å². The lowest BCUT2D eigenvalue weighted by Crippen LogP contribution is -2.40. The largest absolute Gasteiger partial charge is 0.493 e. The van der Waals surface area contributed by atoms with Crippen LogP contribution in [-0.2, 0) is 20.9 Å². The van der Waals surface area contributed by atoms with E-state index in [0.29, 0.717) is 65.1 Å². The highest BCUT2D eigenvalue weighted by atomic mass is 35.5. The van der Waals surface area contributed by atoms with Crippen molar-refractivity contribution in [2.24, 2.45) is 4.99 Å². The van der Waals surface area contributed by atoms with Crippen LogP contribution in [0.2, 0.25) is 15.1 Å². The fourth-order valence-electron chi connectivity index (χ4n) is 5.08. The van der Waals surface area contributed by atoms with Crippen molar-refractivity contribution < 1.29 is 28.5 Å². The highest BCUT2D eigenvalue weighted by Crippen LogP contribution is 2.41. The summed E-state index contributed by atoms with van der Waals surface area (Å²) in [6.07, 6.45) is 1.69. The molecule has 4 aromatic rings. The maximum absolute atomic E-state index is 14.3. The van der Waals surface area contributed by atoms with Gasteiger partial charge in [-0.15, -0.1) is 0 Å². The number of hydrogen-bond acceptors (Lipinski definition) is 9. The van der Waals surface area contributed by atoms with Gasteiger partial charge in [0.1, 0.15) is 25.0 Å². The number of ether oxygens (including phenoxy) is 5. The standard InChI is InChI=1S/C34H31Cl3N2O7S/c1-5-44-31-24(7-6-8-27(31)43-4)30-29(33(41)45-14-13-42-3)19(2)38-34-39(30)32(40)28(47-34)16-21-15-22(35)11-12-26(21)46-18-20-9-10-23(36)17-25(20)37/h6-12,15-17,30H,5,13-14,18H2,1-4H3/b28-16+/t30-/m0/s1. The van der Waals surface area contributed by atoms with Crippen molar-refractivity contribution in [1.82, 2.24) is 4.57 Å². The third-order valence-corrected chi connectivity index (χ3v) is 9.04. The first-order valence-electron chi connectivity index (χ1n) is 14.5. The van der Waals surface area contributed by atoms with E-state index in [9.17, 15) is 9.59 Å². The molecule has 2 heterocycles. The number of allylic oxidation sites excluding steroid dienone is 1. The van der Waals surface area contributed by atoms with Gasteiger partial charge in [-0.2, -0.15) is 0 Å². The number of para-hydroxylation sites is 1. The molecule has 13 heteroatoms. The van der Waals surface area contributed by atoms with Crippen LogP contribution in [-0.4, -0.2) is 44.6 Å². The number of thiazole rings is 1. The summed E-state index contributed by atoms with van der Waals surface area (Å²) in [5, 5.41) is 1.44. The Kier molecular flexibility index (Phi) is 11.3. The molecule has 47 heavy (non-hydrogen) atoms. The minimum Gasteiger partial charge on any atom is -0.493 e. The van der Waals surface area contributed by atoms with E-state index in [1.54, 1.807) is 67.6 Å². The zero-order valence-electron chi connectivity index (χ0n) is 26.0. The van der Waals surface area contributed by atoms with Crippen LogP contribution in [0.25, 0.3) is 6.08 Å². The maximum atomic E-state index is 14.3. The first-order valence-corrected chi connectivity index (χ1v) is 16.5. The van der Waals surface area contributed by atoms with E-state index < -0.39 is 12.0 Å². The Bertz CT molecular complexity index is 2020. The van der Waals surface area contributed by atoms with Crippen molar-refractivity contribution in [2.75, 3.05) is 34.0 Å². The summed E-state index contributed by atoms with van der Waals surface area (Å²) in [4.78, 5) is 33.0. The zero-order chi connectivity index (χ0) is 33.7. The van der Waals surface area contributed by atoms with Gasteiger partial charge in [-0.3, -0.25) is 9.36 Å². The van der Waals surface area contributed by atoms with Gasteiger partial charge in [0.2, 0.25) is 0 Å². The Balaban J connectivity index is 1.65. The number of fused-ring (bicyclic) bond motifs is 1. The van der Waals surface area contributed by atoms with Crippen molar-refractivity contribution in [3.05, 3.63) is 117 Å². The molecule has 0 saturated heterocycles. The van der Waals surface area contributed by atoms with Crippen molar-refractivity contribution in [3.63, 3.8) is 0 Å². The summed E-state index contributed by atoms with van der Waals surface area (Å²) >= 11 is 20.0. The number of esters is 1. The highest BCUT2D eigenvalue weighted by Gasteiger charge is 2.36. The van der Waals surface area contributed by atoms with Crippen LogP contribution < -0.4 is 29.1 Å². The minimum atomic E-state index is -0.928. The number of carbonyl (C=O) groups excluding carboxylic acids is 1. The first kappa shape index (κ1) is 34.5. The summed E-state index contributed by atoms with van der Waals surface area (Å²) in [7, 11) is 3.04. The predicted molar refractivity (Wildman–Crippen MR) is 183 cm³/mol. The highest BCUT2D eigenvalue weighted by molar-refractivity contribution is 7.07. The van der Waals surface area contributed by atoms with Crippen LogP contribution in [0.4, 0.5) is 0 Å². The van der Waals surface area contributed by atoms with E-state index in [1.165, 1.54) is 30.1 Å². The number of halogens is 3. The number of aromatic nitrogens is 1. The quantitative estimate of drug-likeness (QED) is 0.124. The molecule has 1 aliphatic heterocycles. The molecule has 246 valence electrons. The average molecular weight is 718 g/mol. The second-order valence-corrected chi connectivity index (χ2v) is 12.5. The topological polar surface area (TPSA) is 97.6 Å². The molecule has 1 aromatic heterocycles. The lowest BCUT2D eigenvalue weighted by Gasteiger charge is -2.27.